The third-order valence-electron chi connectivity index (χ3n) is 6.62. The summed E-state index contributed by atoms with van der Waals surface area (Å²) in [4.78, 5) is 34.8. The standard InChI is InChI=1S/C27H30N4O3/c1-19-16-21(30-12-4-5-13-30)10-11-23(19)28-25(32)18-34-27(33)22-17-20-8-2-3-9-24(20)29-26(22)31-14-6-7-15-31/h2-3,8-11,16-17H,4-7,12-15,18H2,1H3,(H,28,32). The molecule has 7 heteroatoms. The molecule has 34 heavy (non-hydrogen) atoms. The molecule has 0 bridgehead atoms. The van der Waals surface area contributed by atoms with E-state index in [2.05, 4.69) is 21.2 Å². The van der Waals surface area contributed by atoms with Gasteiger partial charge in [-0.25, -0.2) is 9.78 Å². The summed E-state index contributed by atoms with van der Waals surface area (Å²) in [5.41, 5.74) is 4.14. The maximum atomic E-state index is 13.0. The molecule has 176 valence electrons. The van der Waals surface area contributed by atoms with Crippen molar-refractivity contribution in [3.05, 3.63) is 59.7 Å². The number of para-hydroxylation sites is 1. The van der Waals surface area contributed by atoms with Gasteiger partial charge in [0.25, 0.3) is 5.91 Å². The molecule has 2 aromatic carbocycles. The third-order valence-corrected chi connectivity index (χ3v) is 6.62. The van der Waals surface area contributed by atoms with E-state index in [1.54, 1.807) is 0 Å². The van der Waals surface area contributed by atoms with Crippen LogP contribution in [0.25, 0.3) is 10.9 Å². The number of hydrogen-bond donors (Lipinski definition) is 1. The van der Waals surface area contributed by atoms with Crippen LogP contribution >= 0.6 is 0 Å². The predicted octanol–water partition coefficient (Wildman–Crippen LogP) is 4.54. The molecular weight excluding hydrogens is 428 g/mol. The number of amides is 1. The number of aromatic nitrogens is 1. The topological polar surface area (TPSA) is 74.8 Å². The van der Waals surface area contributed by atoms with E-state index in [4.69, 9.17) is 9.72 Å². The lowest BCUT2D eigenvalue weighted by atomic mass is 10.1. The lowest BCUT2D eigenvalue weighted by Crippen LogP contribution is -2.25. The number of aryl methyl sites for hydroxylation is 1. The molecule has 3 aromatic rings. The van der Waals surface area contributed by atoms with Gasteiger partial charge < -0.3 is 19.9 Å². The smallest absolute Gasteiger partial charge is 0.342 e. The van der Waals surface area contributed by atoms with Gasteiger partial charge in [-0.3, -0.25) is 4.79 Å². The van der Waals surface area contributed by atoms with Crippen LogP contribution in [-0.2, 0) is 9.53 Å². The van der Waals surface area contributed by atoms with Crippen molar-refractivity contribution < 1.29 is 14.3 Å². The highest BCUT2D eigenvalue weighted by atomic mass is 16.5. The Bertz CT molecular complexity index is 1210. The first-order valence-corrected chi connectivity index (χ1v) is 12.1. The minimum atomic E-state index is -0.531. The Kier molecular flexibility index (Phi) is 6.34. The summed E-state index contributed by atoms with van der Waals surface area (Å²) in [5, 5.41) is 3.74. The maximum Gasteiger partial charge on any atom is 0.342 e. The van der Waals surface area contributed by atoms with Crippen molar-refractivity contribution in [1.29, 1.82) is 0 Å². The SMILES string of the molecule is Cc1cc(N2CCCC2)ccc1NC(=O)COC(=O)c1cc2ccccc2nc1N1CCCC1. The maximum absolute atomic E-state index is 13.0. The molecule has 1 aromatic heterocycles. The normalized spacial score (nSPS) is 15.7. The van der Waals surface area contributed by atoms with Gasteiger partial charge >= 0.3 is 5.97 Å². The Labute approximate surface area is 199 Å². The Morgan fingerprint density at radius 1 is 0.941 bits per heavy atom. The number of esters is 1. The number of nitrogens with one attached hydrogen (secondary N) is 1. The molecule has 7 nitrogen and oxygen atoms in total. The second-order valence-electron chi connectivity index (χ2n) is 9.06. The van der Waals surface area contributed by atoms with E-state index in [1.165, 1.54) is 18.5 Å². The van der Waals surface area contributed by atoms with Gasteiger partial charge in [0.2, 0.25) is 0 Å². The molecule has 0 radical (unpaired) electrons. The van der Waals surface area contributed by atoms with Gasteiger partial charge in [-0.15, -0.1) is 0 Å². The van der Waals surface area contributed by atoms with Gasteiger partial charge in [0.05, 0.1) is 5.52 Å². The second kappa shape index (κ2) is 9.71. The highest BCUT2D eigenvalue weighted by Crippen LogP contribution is 2.28. The van der Waals surface area contributed by atoms with Gasteiger partial charge in [-0.2, -0.15) is 0 Å². The zero-order chi connectivity index (χ0) is 23.5. The fourth-order valence-electron chi connectivity index (χ4n) is 4.78. The molecule has 5 rings (SSSR count). The van der Waals surface area contributed by atoms with Crippen LogP contribution in [0.5, 0.6) is 0 Å². The molecule has 1 amide bonds. The number of ether oxygens (including phenoxy) is 1. The van der Waals surface area contributed by atoms with E-state index < -0.39 is 5.97 Å². The monoisotopic (exact) mass is 458 g/mol. The van der Waals surface area contributed by atoms with Crippen LogP contribution < -0.4 is 15.1 Å². The second-order valence-corrected chi connectivity index (χ2v) is 9.06. The molecular formula is C27H30N4O3. The number of rotatable bonds is 6. The Hall–Kier alpha value is -3.61. The summed E-state index contributed by atoms with van der Waals surface area (Å²) in [6.07, 6.45) is 4.58. The van der Waals surface area contributed by atoms with Crippen LogP contribution in [0.1, 0.15) is 41.6 Å². The minimum Gasteiger partial charge on any atom is -0.452 e. The van der Waals surface area contributed by atoms with Crippen molar-refractivity contribution >= 4 is 40.0 Å². The van der Waals surface area contributed by atoms with Crippen LogP contribution in [0.15, 0.2) is 48.5 Å². The third kappa shape index (κ3) is 4.69. The number of fused-ring (bicyclic) bond motifs is 1. The molecule has 2 fully saturated rings. The molecule has 0 spiro atoms. The number of carbonyl (C=O) groups is 2. The number of carbonyl (C=O) groups excluding carboxylic acids is 2. The van der Waals surface area contributed by atoms with Crippen molar-refractivity contribution in [2.24, 2.45) is 0 Å². The molecule has 3 heterocycles. The lowest BCUT2D eigenvalue weighted by Gasteiger charge is -2.20. The minimum absolute atomic E-state index is 0.349. The van der Waals surface area contributed by atoms with E-state index in [-0.39, 0.29) is 12.5 Å². The summed E-state index contributed by atoms with van der Waals surface area (Å²) in [7, 11) is 0. The predicted molar refractivity (Wildman–Crippen MR) is 135 cm³/mol. The molecule has 0 aliphatic carbocycles. The van der Waals surface area contributed by atoms with Crippen LogP contribution in [0.2, 0.25) is 0 Å². The summed E-state index contributed by atoms with van der Waals surface area (Å²) < 4.78 is 5.43. The number of nitrogens with zero attached hydrogens (tertiary/aromatic N) is 3. The molecule has 2 aliphatic rings. The quantitative estimate of drug-likeness (QED) is 0.547. The van der Waals surface area contributed by atoms with Gasteiger partial charge in [0.1, 0.15) is 11.4 Å². The summed E-state index contributed by atoms with van der Waals surface area (Å²) in [6, 6.07) is 15.6. The fraction of sp³-hybridized carbons (Fsp3) is 0.370. The van der Waals surface area contributed by atoms with Crippen molar-refractivity contribution in [3.8, 4) is 0 Å². The van der Waals surface area contributed by atoms with Gasteiger partial charge in [0.15, 0.2) is 6.61 Å². The van der Waals surface area contributed by atoms with Crippen molar-refractivity contribution in [1.82, 2.24) is 4.98 Å². The van der Waals surface area contributed by atoms with Gasteiger partial charge in [-0.05, 0) is 68.5 Å². The van der Waals surface area contributed by atoms with Crippen molar-refractivity contribution in [3.63, 3.8) is 0 Å². The molecule has 2 aliphatic heterocycles. The molecule has 1 N–H and O–H groups in total. The highest BCUT2D eigenvalue weighted by molar-refractivity contribution is 6.01. The zero-order valence-electron chi connectivity index (χ0n) is 19.5. The number of pyridine rings is 1. The number of hydrogen-bond acceptors (Lipinski definition) is 6. The van der Waals surface area contributed by atoms with E-state index >= 15 is 0 Å². The molecule has 2 saturated heterocycles. The average molecular weight is 459 g/mol. The summed E-state index contributed by atoms with van der Waals surface area (Å²) in [6.45, 7) is 5.49. The number of anilines is 3. The van der Waals surface area contributed by atoms with Gasteiger partial charge in [-0.1, -0.05) is 18.2 Å². The molecule has 0 saturated carbocycles. The first-order valence-electron chi connectivity index (χ1n) is 12.1. The Morgan fingerprint density at radius 2 is 1.65 bits per heavy atom. The zero-order valence-corrected chi connectivity index (χ0v) is 19.5. The summed E-state index contributed by atoms with van der Waals surface area (Å²) in [5.74, 6) is -0.256. The fourth-order valence-corrected chi connectivity index (χ4v) is 4.78. The van der Waals surface area contributed by atoms with E-state index in [1.807, 2.05) is 49.4 Å². The van der Waals surface area contributed by atoms with Crippen LogP contribution in [0.4, 0.5) is 17.2 Å². The van der Waals surface area contributed by atoms with Crippen LogP contribution in [-0.4, -0.2) is 49.6 Å². The number of benzene rings is 2. The Balaban J connectivity index is 1.27. The van der Waals surface area contributed by atoms with E-state index in [0.29, 0.717) is 11.4 Å². The largest absolute Gasteiger partial charge is 0.452 e. The van der Waals surface area contributed by atoms with E-state index in [0.717, 1.165) is 61.2 Å². The average Bonchev–Trinajstić information content (AvgIpc) is 3.58. The highest BCUT2D eigenvalue weighted by Gasteiger charge is 2.23. The molecule has 0 atom stereocenters. The first kappa shape index (κ1) is 22.2. The molecule has 0 unspecified atom stereocenters. The lowest BCUT2D eigenvalue weighted by molar-refractivity contribution is -0.119. The van der Waals surface area contributed by atoms with E-state index in [9.17, 15) is 9.59 Å². The van der Waals surface area contributed by atoms with Gasteiger partial charge in [0, 0.05) is 42.9 Å². The van der Waals surface area contributed by atoms with Crippen LogP contribution in [0.3, 0.4) is 0 Å². The van der Waals surface area contributed by atoms with Crippen molar-refractivity contribution in [2.45, 2.75) is 32.6 Å². The summed E-state index contributed by atoms with van der Waals surface area (Å²) >= 11 is 0. The van der Waals surface area contributed by atoms with Crippen molar-refractivity contribution in [2.75, 3.05) is 47.9 Å². The Morgan fingerprint density at radius 3 is 2.38 bits per heavy atom. The first-order chi connectivity index (χ1) is 16.6. The van der Waals surface area contributed by atoms with Crippen LogP contribution in [0, 0.1) is 6.92 Å².